The van der Waals surface area contributed by atoms with Crippen molar-refractivity contribution in [3.8, 4) is 0 Å². The Balaban J connectivity index is 1.56. The number of hydrogen-bond acceptors (Lipinski definition) is 6. The molecule has 2 aliphatic heterocycles. The highest BCUT2D eigenvalue weighted by Gasteiger charge is 2.55. The molecule has 0 aliphatic carbocycles. The normalized spacial score (nSPS) is 23.6. The monoisotopic (exact) mass is 403 g/mol. The second kappa shape index (κ2) is 6.10. The molecule has 0 unspecified atom stereocenters. The van der Waals surface area contributed by atoms with Gasteiger partial charge in [-0.15, -0.1) is 10.2 Å². The Morgan fingerprint density at radius 2 is 2.21 bits per heavy atom. The van der Waals surface area contributed by atoms with E-state index < -0.39 is 12.0 Å². The van der Waals surface area contributed by atoms with Gasteiger partial charge in [0.1, 0.15) is 11.1 Å². The van der Waals surface area contributed by atoms with E-state index in [1.807, 2.05) is 12.3 Å². The van der Waals surface area contributed by atoms with Crippen molar-refractivity contribution in [2.75, 3.05) is 23.3 Å². The summed E-state index contributed by atoms with van der Waals surface area (Å²) in [6.45, 7) is 4.17. The fraction of sp³-hybridized carbons (Fsp3) is 0.333. The molecule has 7 nitrogen and oxygen atoms in total. The van der Waals surface area contributed by atoms with E-state index in [1.54, 1.807) is 27.9 Å². The average Bonchev–Trinajstić information content (AvgIpc) is 3.29. The lowest BCUT2D eigenvalue weighted by atomic mass is 9.93. The first-order valence-corrected chi connectivity index (χ1v) is 9.18. The molecule has 1 saturated heterocycles. The summed E-state index contributed by atoms with van der Waals surface area (Å²) in [5.74, 6) is 0.465. The maximum Gasteiger partial charge on any atom is 0.263 e. The summed E-state index contributed by atoms with van der Waals surface area (Å²) in [4.78, 5) is 5.96. The van der Waals surface area contributed by atoms with Crippen molar-refractivity contribution in [3.63, 3.8) is 0 Å². The molecule has 3 aromatic rings. The van der Waals surface area contributed by atoms with Crippen molar-refractivity contribution in [1.82, 2.24) is 25.0 Å². The van der Waals surface area contributed by atoms with Gasteiger partial charge in [-0.3, -0.25) is 9.67 Å². The molecule has 5 heterocycles. The van der Waals surface area contributed by atoms with Gasteiger partial charge in [-0.2, -0.15) is 5.10 Å². The summed E-state index contributed by atoms with van der Waals surface area (Å²) in [5.41, 5.74) is 0.647. The predicted octanol–water partition coefficient (Wildman–Crippen LogP) is 3.40. The van der Waals surface area contributed by atoms with E-state index in [2.05, 4.69) is 32.2 Å². The Bertz CT molecular complexity index is 1080. The number of pyridine rings is 1. The van der Waals surface area contributed by atoms with Crippen LogP contribution in [0.2, 0.25) is 5.15 Å². The summed E-state index contributed by atoms with van der Waals surface area (Å²) in [6, 6.07) is 3.23. The predicted molar refractivity (Wildman–Crippen MR) is 103 cm³/mol. The second-order valence-electron chi connectivity index (χ2n) is 7.11. The molecule has 2 atom stereocenters. The van der Waals surface area contributed by atoms with Crippen LogP contribution in [0.3, 0.4) is 0 Å². The third kappa shape index (κ3) is 2.46. The minimum Gasteiger partial charge on any atom is -0.364 e. The standard InChI is InChI=1S/C18H16ClF2N7/c1-2-11-3-10-7-28(26-13(10)6-22-11)12-5-18(17(20)21)9-23-16-14(27(18)8-12)4-15(19)24-25-16/h2-4,6-7,12,17H,1,5,8-9H2,(H,23,25)/t12-,18-/m1/s1. The Labute approximate surface area is 164 Å². The molecule has 0 spiro atoms. The van der Waals surface area contributed by atoms with Crippen LogP contribution in [-0.2, 0) is 0 Å². The fourth-order valence-electron chi connectivity index (χ4n) is 4.13. The van der Waals surface area contributed by atoms with Crippen LogP contribution >= 0.6 is 11.6 Å². The van der Waals surface area contributed by atoms with Crippen molar-refractivity contribution in [2.24, 2.45) is 0 Å². The van der Waals surface area contributed by atoms with Gasteiger partial charge in [0, 0.05) is 37.2 Å². The quantitative estimate of drug-likeness (QED) is 0.722. The Hall–Kier alpha value is -2.81. The molecule has 0 aromatic carbocycles. The zero-order chi connectivity index (χ0) is 19.5. The minimum atomic E-state index is -2.55. The zero-order valence-electron chi connectivity index (χ0n) is 14.7. The van der Waals surface area contributed by atoms with Gasteiger partial charge in [-0.05, 0) is 12.1 Å². The molecule has 3 aromatic heterocycles. The number of fused-ring (bicyclic) bond motifs is 4. The van der Waals surface area contributed by atoms with E-state index in [4.69, 9.17) is 11.6 Å². The molecule has 5 rings (SSSR count). The zero-order valence-corrected chi connectivity index (χ0v) is 15.4. The van der Waals surface area contributed by atoms with Gasteiger partial charge in [0.2, 0.25) is 0 Å². The summed E-state index contributed by atoms with van der Waals surface area (Å²) < 4.78 is 30.3. The molecule has 0 radical (unpaired) electrons. The molecule has 0 amide bonds. The molecular formula is C18H16ClF2N7. The number of anilines is 2. The molecule has 2 aliphatic rings. The first-order chi connectivity index (χ1) is 13.5. The van der Waals surface area contributed by atoms with E-state index in [9.17, 15) is 8.78 Å². The van der Waals surface area contributed by atoms with Crippen LogP contribution in [0, 0.1) is 0 Å². The van der Waals surface area contributed by atoms with E-state index in [0.717, 1.165) is 11.1 Å². The third-order valence-corrected chi connectivity index (χ3v) is 5.72. The molecule has 0 saturated carbocycles. The summed E-state index contributed by atoms with van der Waals surface area (Å²) in [5, 5.41) is 16.4. The lowest BCUT2D eigenvalue weighted by Gasteiger charge is -2.43. The smallest absolute Gasteiger partial charge is 0.263 e. The van der Waals surface area contributed by atoms with Crippen molar-refractivity contribution in [2.45, 2.75) is 24.4 Å². The highest BCUT2D eigenvalue weighted by atomic mass is 35.5. The van der Waals surface area contributed by atoms with Crippen LogP contribution in [-0.4, -0.2) is 50.0 Å². The van der Waals surface area contributed by atoms with Gasteiger partial charge in [-0.25, -0.2) is 8.78 Å². The van der Waals surface area contributed by atoms with Crippen LogP contribution in [0.25, 0.3) is 17.0 Å². The number of alkyl halides is 2. The van der Waals surface area contributed by atoms with Crippen LogP contribution in [0.4, 0.5) is 20.3 Å². The van der Waals surface area contributed by atoms with Gasteiger partial charge >= 0.3 is 0 Å². The van der Waals surface area contributed by atoms with Crippen LogP contribution in [0.1, 0.15) is 18.2 Å². The van der Waals surface area contributed by atoms with E-state index in [-0.39, 0.29) is 24.2 Å². The van der Waals surface area contributed by atoms with Gasteiger partial charge in [0.15, 0.2) is 11.0 Å². The SMILES string of the molecule is C=Cc1cc2cn([C@H]3CN4c5cc(Cl)nnc5NC[C@@]4(C(F)F)C3)nc2cn1. The van der Waals surface area contributed by atoms with Crippen molar-refractivity contribution in [1.29, 1.82) is 0 Å². The number of hydrogen-bond donors (Lipinski definition) is 1. The van der Waals surface area contributed by atoms with Gasteiger partial charge in [0.05, 0.1) is 23.6 Å². The van der Waals surface area contributed by atoms with E-state index >= 15 is 0 Å². The van der Waals surface area contributed by atoms with Gasteiger partial charge in [0.25, 0.3) is 6.43 Å². The van der Waals surface area contributed by atoms with Gasteiger partial charge in [-0.1, -0.05) is 18.2 Å². The van der Waals surface area contributed by atoms with Crippen molar-refractivity contribution in [3.05, 3.63) is 42.0 Å². The maximum absolute atomic E-state index is 14.3. The van der Waals surface area contributed by atoms with Gasteiger partial charge < -0.3 is 10.2 Å². The summed E-state index contributed by atoms with van der Waals surface area (Å²) >= 11 is 5.98. The molecular weight excluding hydrogens is 388 g/mol. The Morgan fingerprint density at radius 3 is 3.00 bits per heavy atom. The average molecular weight is 404 g/mol. The van der Waals surface area contributed by atoms with Crippen molar-refractivity contribution < 1.29 is 8.78 Å². The van der Waals surface area contributed by atoms with Crippen molar-refractivity contribution >= 4 is 40.1 Å². The molecule has 0 bridgehead atoms. The van der Waals surface area contributed by atoms with Crippen LogP contribution in [0.5, 0.6) is 0 Å². The topological polar surface area (TPSA) is 71.8 Å². The number of rotatable bonds is 3. The molecule has 1 N–H and O–H groups in total. The Kier molecular flexibility index (Phi) is 3.77. The third-order valence-electron chi connectivity index (χ3n) is 5.54. The lowest BCUT2D eigenvalue weighted by Crippen LogP contribution is -2.57. The number of halogens is 3. The number of nitrogens with zero attached hydrogens (tertiary/aromatic N) is 6. The van der Waals surface area contributed by atoms with Crippen LogP contribution < -0.4 is 10.2 Å². The first kappa shape index (κ1) is 17.3. The summed E-state index contributed by atoms with van der Waals surface area (Å²) in [7, 11) is 0. The molecule has 10 heteroatoms. The second-order valence-corrected chi connectivity index (χ2v) is 7.50. The minimum absolute atomic E-state index is 0.0768. The number of nitrogens with one attached hydrogen (secondary N) is 1. The van der Waals surface area contributed by atoms with E-state index in [0.29, 0.717) is 23.6 Å². The fourth-order valence-corrected chi connectivity index (χ4v) is 4.27. The van der Waals surface area contributed by atoms with Crippen LogP contribution in [0.15, 0.2) is 31.1 Å². The lowest BCUT2D eigenvalue weighted by molar-refractivity contribution is 0.0586. The van der Waals surface area contributed by atoms with E-state index in [1.165, 1.54) is 0 Å². The number of aromatic nitrogens is 5. The molecule has 1 fully saturated rings. The highest BCUT2D eigenvalue weighted by Crippen LogP contribution is 2.48. The first-order valence-electron chi connectivity index (χ1n) is 8.80. The maximum atomic E-state index is 14.3. The summed E-state index contributed by atoms with van der Waals surface area (Å²) in [6.07, 6.45) is 2.89. The highest BCUT2D eigenvalue weighted by molar-refractivity contribution is 6.29. The largest absolute Gasteiger partial charge is 0.364 e. The molecule has 28 heavy (non-hydrogen) atoms. The molecule has 144 valence electrons. The Morgan fingerprint density at radius 1 is 1.36 bits per heavy atom.